The number of hydrogen-bond donors (Lipinski definition) is 1. The van der Waals surface area contributed by atoms with E-state index in [1.54, 1.807) is 11.0 Å². The van der Waals surface area contributed by atoms with E-state index in [4.69, 9.17) is 9.47 Å². The molecule has 0 aliphatic carbocycles. The van der Waals surface area contributed by atoms with E-state index >= 15 is 0 Å². The van der Waals surface area contributed by atoms with Crippen LogP contribution in [0.4, 0.5) is 17.2 Å². The quantitative estimate of drug-likeness (QED) is 0.372. The first-order valence-electron chi connectivity index (χ1n) is 11.7. The fraction of sp³-hybridized carbons (Fsp3) is 0.179. The van der Waals surface area contributed by atoms with E-state index in [1.807, 2.05) is 91.8 Å². The van der Waals surface area contributed by atoms with Gasteiger partial charge in [0.15, 0.2) is 5.75 Å². The van der Waals surface area contributed by atoms with Crippen molar-refractivity contribution in [3.63, 3.8) is 0 Å². The minimum absolute atomic E-state index is 0.0823. The van der Waals surface area contributed by atoms with Crippen LogP contribution in [-0.2, 0) is 4.79 Å². The van der Waals surface area contributed by atoms with Gasteiger partial charge in [0.1, 0.15) is 30.3 Å². The number of aromatic nitrogens is 2. The van der Waals surface area contributed by atoms with Crippen molar-refractivity contribution >= 4 is 34.0 Å². The molecule has 0 atom stereocenters. The molecule has 1 aromatic heterocycles. The van der Waals surface area contributed by atoms with Crippen LogP contribution in [0.5, 0.6) is 17.2 Å². The molecule has 0 spiro atoms. The van der Waals surface area contributed by atoms with Gasteiger partial charge in [-0.1, -0.05) is 24.3 Å². The van der Waals surface area contributed by atoms with Gasteiger partial charge in [-0.25, -0.2) is 9.97 Å². The number of carbonyl (C=O) groups excluding carboxylic acids is 1. The van der Waals surface area contributed by atoms with Crippen LogP contribution in [0.2, 0.25) is 0 Å². The maximum Gasteiger partial charge on any atom is 0.250 e. The van der Waals surface area contributed by atoms with Crippen molar-refractivity contribution in [2.45, 2.75) is 0 Å². The number of nitrogens with zero attached hydrogens (tertiary/aromatic N) is 4. The number of ether oxygens (including phenoxy) is 2. The largest absolute Gasteiger partial charge is 0.489 e. The summed E-state index contributed by atoms with van der Waals surface area (Å²) in [4.78, 5) is 25.6. The molecule has 0 saturated carbocycles. The van der Waals surface area contributed by atoms with Crippen LogP contribution >= 0.6 is 0 Å². The number of nitrogens with one attached hydrogen (secondary N) is 1. The lowest BCUT2D eigenvalue weighted by atomic mass is 10.1. The van der Waals surface area contributed by atoms with Gasteiger partial charge in [-0.2, -0.15) is 0 Å². The number of anilines is 3. The van der Waals surface area contributed by atoms with Crippen LogP contribution in [-0.4, -0.2) is 54.6 Å². The Balaban J connectivity index is 1.42. The number of rotatable bonds is 7. The summed E-state index contributed by atoms with van der Waals surface area (Å²) in [6.45, 7) is 1.56. The van der Waals surface area contributed by atoms with Gasteiger partial charge in [-0.15, -0.1) is 0 Å². The lowest BCUT2D eigenvalue weighted by Crippen LogP contribution is -2.37. The highest BCUT2D eigenvalue weighted by Crippen LogP contribution is 2.41. The first kappa shape index (κ1) is 23.3. The zero-order chi connectivity index (χ0) is 24.9. The summed E-state index contributed by atoms with van der Waals surface area (Å²) >= 11 is 0. The van der Waals surface area contributed by atoms with Crippen molar-refractivity contribution in [2.75, 3.05) is 44.0 Å². The third-order valence-electron chi connectivity index (χ3n) is 5.68. The second kappa shape index (κ2) is 10.5. The molecule has 8 nitrogen and oxygen atoms in total. The molecular weight excluding hydrogens is 454 g/mol. The Kier molecular flexibility index (Phi) is 6.77. The monoisotopic (exact) mass is 481 g/mol. The van der Waals surface area contributed by atoms with Gasteiger partial charge in [0, 0.05) is 18.3 Å². The van der Waals surface area contributed by atoms with Crippen molar-refractivity contribution < 1.29 is 14.3 Å². The molecule has 2 heterocycles. The maximum absolute atomic E-state index is 12.9. The smallest absolute Gasteiger partial charge is 0.250 e. The molecule has 3 aromatic carbocycles. The second-order valence-corrected chi connectivity index (χ2v) is 8.60. The highest BCUT2D eigenvalue weighted by molar-refractivity contribution is 6.07. The van der Waals surface area contributed by atoms with E-state index in [9.17, 15) is 4.79 Å². The predicted octanol–water partition coefficient (Wildman–Crippen LogP) is 5.01. The summed E-state index contributed by atoms with van der Waals surface area (Å²) < 4.78 is 11.9. The van der Waals surface area contributed by atoms with Crippen LogP contribution in [0, 0.1) is 0 Å². The Morgan fingerprint density at radius 2 is 1.83 bits per heavy atom. The molecule has 1 aliphatic heterocycles. The summed E-state index contributed by atoms with van der Waals surface area (Å²) in [5.74, 6) is 2.63. The molecule has 36 heavy (non-hydrogen) atoms. The molecule has 1 aliphatic rings. The molecule has 182 valence electrons. The molecule has 0 unspecified atom stereocenters. The third-order valence-corrected chi connectivity index (χ3v) is 5.68. The summed E-state index contributed by atoms with van der Waals surface area (Å²) in [6.07, 6.45) is 4.98. The number of amides is 1. The minimum Gasteiger partial charge on any atom is -0.489 e. The van der Waals surface area contributed by atoms with E-state index in [0.717, 1.165) is 28.1 Å². The molecule has 4 aromatic rings. The van der Waals surface area contributed by atoms with Gasteiger partial charge < -0.3 is 24.6 Å². The summed E-state index contributed by atoms with van der Waals surface area (Å²) in [5.41, 5.74) is 2.27. The molecule has 0 bridgehead atoms. The van der Waals surface area contributed by atoms with Crippen molar-refractivity contribution in [3.05, 3.63) is 85.2 Å². The minimum atomic E-state index is -0.0823. The van der Waals surface area contributed by atoms with Crippen molar-refractivity contribution in [1.82, 2.24) is 14.9 Å². The fourth-order valence-electron chi connectivity index (χ4n) is 3.97. The van der Waals surface area contributed by atoms with Crippen molar-refractivity contribution in [1.29, 1.82) is 0 Å². The number of benzene rings is 3. The fourth-order valence-corrected chi connectivity index (χ4v) is 3.97. The molecule has 0 radical (unpaired) electrons. The average Bonchev–Trinajstić information content (AvgIpc) is 2.89. The summed E-state index contributed by atoms with van der Waals surface area (Å²) in [7, 11) is 3.92. The number of carbonyl (C=O) groups is 1. The summed E-state index contributed by atoms with van der Waals surface area (Å²) in [5, 5.41) is 4.10. The zero-order valence-corrected chi connectivity index (χ0v) is 20.2. The van der Waals surface area contributed by atoms with Crippen LogP contribution < -0.4 is 19.7 Å². The lowest BCUT2D eigenvalue weighted by molar-refractivity contribution is -0.114. The number of hydrogen-bond acceptors (Lipinski definition) is 7. The van der Waals surface area contributed by atoms with Crippen LogP contribution in [0.25, 0.3) is 10.9 Å². The van der Waals surface area contributed by atoms with Crippen LogP contribution in [0.15, 0.2) is 85.2 Å². The first-order chi connectivity index (χ1) is 17.6. The Morgan fingerprint density at radius 1 is 1.06 bits per heavy atom. The van der Waals surface area contributed by atoms with Crippen LogP contribution in [0.1, 0.15) is 0 Å². The normalized spacial score (nSPS) is 13.0. The average molecular weight is 482 g/mol. The predicted molar refractivity (Wildman–Crippen MR) is 141 cm³/mol. The second-order valence-electron chi connectivity index (χ2n) is 8.60. The molecule has 1 amide bonds. The Labute approximate surface area is 209 Å². The topological polar surface area (TPSA) is 79.8 Å². The summed E-state index contributed by atoms with van der Waals surface area (Å²) in [6, 6.07) is 21.0. The van der Waals surface area contributed by atoms with Gasteiger partial charge in [-0.05, 0) is 62.6 Å². The number of likely N-dealkylation sites (N-methyl/N-ethyl adjacent to an activating group) is 1. The Hall–Kier alpha value is -4.43. The molecule has 8 heteroatoms. The first-order valence-corrected chi connectivity index (χ1v) is 11.7. The van der Waals surface area contributed by atoms with E-state index in [1.165, 1.54) is 6.33 Å². The number of para-hydroxylation sites is 1. The van der Waals surface area contributed by atoms with Gasteiger partial charge in [0.25, 0.3) is 5.91 Å². The lowest BCUT2D eigenvalue weighted by Gasteiger charge is -2.30. The van der Waals surface area contributed by atoms with E-state index in [2.05, 4.69) is 15.3 Å². The maximum atomic E-state index is 12.9. The van der Waals surface area contributed by atoms with Crippen molar-refractivity contribution in [3.8, 4) is 17.2 Å². The molecular formula is C28H27N5O3. The van der Waals surface area contributed by atoms with E-state index in [0.29, 0.717) is 37.0 Å². The van der Waals surface area contributed by atoms with Gasteiger partial charge in [0.2, 0.25) is 0 Å². The Bertz CT molecular complexity index is 1390. The van der Waals surface area contributed by atoms with Crippen LogP contribution in [0.3, 0.4) is 0 Å². The highest BCUT2D eigenvalue weighted by Gasteiger charge is 2.26. The number of fused-ring (bicyclic) bond motifs is 3. The molecule has 0 fully saturated rings. The zero-order valence-electron chi connectivity index (χ0n) is 20.2. The van der Waals surface area contributed by atoms with Crippen molar-refractivity contribution in [2.24, 2.45) is 0 Å². The molecule has 1 N–H and O–H groups in total. The molecule has 0 saturated heterocycles. The van der Waals surface area contributed by atoms with Gasteiger partial charge in [0.05, 0.1) is 23.1 Å². The van der Waals surface area contributed by atoms with E-state index < -0.39 is 0 Å². The van der Waals surface area contributed by atoms with Gasteiger partial charge in [-0.3, -0.25) is 4.79 Å². The SMILES string of the molecule is CN(C)C/C=C/C(=O)N1CCOc2c1ccc1ncnc(Nc3ccc(Oc4ccccc4)cc3)c21. The van der Waals surface area contributed by atoms with E-state index in [-0.39, 0.29) is 5.91 Å². The Morgan fingerprint density at radius 3 is 2.61 bits per heavy atom. The van der Waals surface area contributed by atoms with Gasteiger partial charge >= 0.3 is 0 Å². The standard InChI is InChI=1S/C28H27N5O3/c1-32(2)16-6-9-25(34)33-17-18-35-27-24(33)15-14-23-26(27)28(30-19-29-23)31-20-10-12-22(13-11-20)36-21-7-4-3-5-8-21/h3-15,19H,16-18H2,1-2H3,(H,29,30,31)/b9-6+. The molecule has 5 rings (SSSR count). The third kappa shape index (κ3) is 5.13. The highest BCUT2D eigenvalue weighted by atomic mass is 16.5.